The van der Waals surface area contributed by atoms with E-state index in [1.165, 1.54) is 14.0 Å². The van der Waals surface area contributed by atoms with Gasteiger partial charge in [0.05, 0.1) is 12.7 Å². The number of nitrogens with zero attached hydrogens (tertiary/aromatic N) is 1. The molecule has 0 saturated carbocycles. The second-order valence-corrected chi connectivity index (χ2v) is 6.50. The summed E-state index contributed by atoms with van der Waals surface area (Å²) >= 11 is 0. The number of rotatable bonds is 7. The summed E-state index contributed by atoms with van der Waals surface area (Å²) < 4.78 is 15.3. The number of methoxy groups -OCH3 is 1. The Hall–Kier alpha value is -3.55. The van der Waals surface area contributed by atoms with E-state index in [-0.39, 0.29) is 31.6 Å². The number of nitrogens with one attached hydrogen (secondary N) is 1. The normalized spacial score (nSPS) is 11.7. The van der Waals surface area contributed by atoms with Gasteiger partial charge in [0.1, 0.15) is 0 Å². The van der Waals surface area contributed by atoms with Crippen LogP contribution in [0.15, 0.2) is 42.5 Å². The molecule has 1 N–H and O–H groups in total. The van der Waals surface area contributed by atoms with Crippen molar-refractivity contribution in [3.63, 3.8) is 0 Å². The summed E-state index contributed by atoms with van der Waals surface area (Å²) in [4.78, 5) is 37.5. The molecule has 8 heteroatoms. The third-order valence-electron chi connectivity index (χ3n) is 4.43. The molecule has 2 aromatic rings. The van der Waals surface area contributed by atoms with Crippen LogP contribution in [0.1, 0.15) is 29.3 Å². The van der Waals surface area contributed by atoms with Crippen LogP contribution in [-0.2, 0) is 20.9 Å². The quantitative estimate of drug-likeness (QED) is 0.721. The molecule has 1 aliphatic rings. The smallest absolute Gasteiger partial charge is 0.337 e. The van der Waals surface area contributed by atoms with E-state index in [1.807, 2.05) is 12.1 Å². The molecular formula is C21H22N2O6. The average molecular weight is 398 g/mol. The summed E-state index contributed by atoms with van der Waals surface area (Å²) in [6.07, 6.45) is 0.118. The first kappa shape index (κ1) is 20.2. The van der Waals surface area contributed by atoms with Gasteiger partial charge in [-0.25, -0.2) is 4.79 Å². The molecule has 0 fully saturated rings. The van der Waals surface area contributed by atoms with Crippen molar-refractivity contribution in [2.75, 3.05) is 25.8 Å². The number of benzene rings is 2. The maximum atomic E-state index is 12.3. The Morgan fingerprint density at radius 3 is 2.66 bits per heavy atom. The van der Waals surface area contributed by atoms with Crippen LogP contribution in [0.2, 0.25) is 0 Å². The molecule has 0 aliphatic carbocycles. The van der Waals surface area contributed by atoms with Crippen LogP contribution in [0, 0.1) is 0 Å². The van der Waals surface area contributed by atoms with E-state index in [0.29, 0.717) is 29.3 Å². The van der Waals surface area contributed by atoms with Crippen LogP contribution in [0.3, 0.4) is 0 Å². The molecule has 0 unspecified atom stereocenters. The second kappa shape index (κ2) is 9.09. The lowest BCUT2D eigenvalue weighted by Gasteiger charge is -2.21. The molecule has 2 aromatic carbocycles. The molecule has 0 saturated heterocycles. The van der Waals surface area contributed by atoms with Crippen molar-refractivity contribution in [3.05, 3.63) is 53.6 Å². The molecule has 152 valence electrons. The highest BCUT2D eigenvalue weighted by Crippen LogP contribution is 2.32. The predicted molar refractivity (Wildman–Crippen MR) is 105 cm³/mol. The molecule has 2 amide bonds. The highest BCUT2D eigenvalue weighted by atomic mass is 16.7. The van der Waals surface area contributed by atoms with Gasteiger partial charge in [0, 0.05) is 32.1 Å². The zero-order chi connectivity index (χ0) is 20.8. The fourth-order valence-electron chi connectivity index (χ4n) is 2.91. The molecular weight excluding hydrogens is 376 g/mol. The topological polar surface area (TPSA) is 94.2 Å². The van der Waals surface area contributed by atoms with E-state index in [9.17, 15) is 14.4 Å². The van der Waals surface area contributed by atoms with Crippen LogP contribution < -0.4 is 14.8 Å². The molecule has 0 spiro atoms. The molecule has 29 heavy (non-hydrogen) atoms. The van der Waals surface area contributed by atoms with Gasteiger partial charge < -0.3 is 24.4 Å². The summed E-state index contributed by atoms with van der Waals surface area (Å²) in [5.41, 5.74) is 1.72. The maximum Gasteiger partial charge on any atom is 0.337 e. The molecule has 8 nitrogen and oxygen atoms in total. The Kier molecular flexibility index (Phi) is 6.33. The minimum absolute atomic E-state index is 0.118. The van der Waals surface area contributed by atoms with Gasteiger partial charge in [0.25, 0.3) is 0 Å². The number of anilines is 1. The van der Waals surface area contributed by atoms with Crippen LogP contribution in [0.4, 0.5) is 5.69 Å². The van der Waals surface area contributed by atoms with E-state index in [4.69, 9.17) is 9.47 Å². The fraction of sp³-hybridized carbons (Fsp3) is 0.286. The van der Waals surface area contributed by atoms with Gasteiger partial charge in [-0.05, 0) is 35.9 Å². The van der Waals surface area contributed by atoms with Gasteiger partial charge in [0.15, 0.2) is 11.5 Å². The van der Waals surface area contributed by atoms with Gasteiger partial charge >= 0.3 is 5.97 Å². The van der Waals surface area contributed by atoms with Crippen molar-refractivity contribution < 1.29 is 28.6 Å². The number of hydrogen-bond donors (Lipinski definition) is 1. The highest BCUT2D eigenvalue weighted by molar-refractivity contribution is 5.94. The zero-order valence-electron chi connectivity index (χ0n) is 16.3. The lowest BCUT2D eigenvalue weighted by molar-refractivity contribution is -0.129. The van der Waals surface area contributed by atoms with Crippen LogP contribution in [0.5, 0.6) is 11.5 Å². The number of esters is 1. The third-order valence-corrected chi connectivity index (χ3v) is 4.43. The SMILES string of the molecule is COC(=O)c1cccc(NC(=O)CCN(Cc2ccc3c(c2)OCO3)C(C)=O)c1. The molecule has 0 atom stereocenters. The van der Waals surface area contributed by atoms with Crippen molar-refractivity contribution in [2.45, 2.75) is 19.9 Å². The van der Waals surface area contributed by atoms with E-state index in [2.05, 4.69) is 10.1 Å². The lowest BCUT2D eigenvalue weighted by Crippen LogP contribution is -2.31. The van der Waals surface area contributed by atoms with Crippen LogP contribution in [-0.4, -0.2) is 43.1 Å². The van der Waals surface area contributed by atoms with Crippen molar-refractivity contribution in [1.29, 1.82) is 0 Å². The van der Waals surface area contributed by atoms with Crippen molar-refractivity contribution in [2.24, 2.45) is 0 Å². The molecule has 0 aromatic heterocycles. The van der Waals surface area contributed by atoms with Crippen molar-refractivity contribution in [1.82, 2.24) is 4.90 Å². The van der Waals surface area contributed by atoms with E-state index in [0.717, 1.165) is 5.56 Å². The number of carbonyl (C=O) groups excluding carboxylic acids is 3. The molecule has 1 aliphatic heterocycles. The average Bonchev–Trinajstić information content (AvgIpc) is 3.18. The number of ether oxygens (including phenoxy) is 3. The predicted octanol–water partition coefficient (Wildman–Crippen LogP) is 2.58. The number of fused-ring (bicyclic) bond motifs is 1. The van der Waals surface area contributed by atoms with Gasteiger partial charge in [-0.2, -0.15) is 0 Å². The second-order valence-electron chi connectivity index (χ2n) is 6.50. The number of carbonyl (C=O) groups is 3. The third kappa shape index (κ3) is 5.25. The van der Waals surface area contributed by atoms with Gasteiger partial charge in [-0.3, -0.25) is 9.59 Å². The molecule has 0 radical (unpaired) electrons. The van der Waals surface area contributed by atoms with Crippen LogP contribution in [0.25, 0.3) is 0 Å². The number of hydrogen-bond acceptors (Lipinski definition) is 6. The summed E-state index contributed by atoms with van der Waals surface area (Å²) in [6.45, 7) is 2.26. The zero-order valence-corrected chi connectivity index (χ0v) is 16.3. The molecule has 3 rings (SSSR count). The van der Waals surface area contributed by atoms with Gasteiger partial charge in [-0.1, -0.05) is 12.1 Å². The largest absolute Gasteiger partial charge is 0.465 e. The summed E-state index contributed by atoms with van der Waals surface area (Å²) in [5, 5.41) is 2.73. The van der Waals surface area contributed by atoms with Gasteiger partial charge in [0.2, 0.25) is 18.6 Å². The van der Waals surface area contributed by atoms with Gasteiger partial charge in [-0.15, -0.1) is 0 Å². The summed E-state index contributed by atoms with van der Waals surface area (Å²) in [7, 11) is 1.30. The summed E-state index contributed by atoms with van der Waals surface area (Å²) in [5.74, 6) is 0.450. The minimum atomic E-state index is -0.479. The lowest BCUT2D eigenvalue weighted by atomic mass is 10.1. The Labute approximate surface area is 168 Å². The first-order valence-corrected chi connectivity index (χ1v) is 9.08. The fourth-order valence-corrected chi connectivity index (χ4v) is 2.91. The standard InChI is InChI=1S/C21H22N2O6/c1-14(24)23(12-15-6-7-18-19(10-15)29-13-28-18)9-8-20(25)22-17-5-3-4-16(11-17)21(26)27-2/h3-7,10-11H,8-9,12-13H2,1-2H3,(H,22,25). The number of amides is 2. The Morgan fingerprint density at radius 2 is 1.90 bits per heavy atom. The van der Waals surface area contributed by atoms with Crippen LogP contribution >= 0.6 is 0 Å². The Balaban J connectivity index is 1.57. The first-order valence-electron chi connectivity index (χ1n) is 9.08. The van der Waals surface area contributed by atoms with E-state index in [1.54, 1.807) is 35.2 Å². The van der Waals surface area contributed by atoms with E-state index >= 15 is 0 Å². The van der Waals surface area contributed by atoms with E-state index < -0.39 is 5.97 Å². The molecule has 0 bridgehead atoms. The Morgan fingerprint density at radius 1 is 1.10 bits per heavy atom. The first-order chi connectivity index (χ1) is 14.0. The van der Waals surface area contributed by atoms with Crippen molar-refractivity contribution in [3.8, 4) is 11.5 Å². The summed E-state index contributed by atoms with van der Waals surface area (Å²) in [6, 6.07) is 12.0. The maximum absolute atomic E-state index is 12.3. The highest BCUT2D eigenvalue weighted by Gasteiger charge is 2.17. The monoisotopic (exact) mass is 398 g/mol. The van der Waals surface area contributed by atoms with Crippen molar-refractivity contribution >= 4 is 23.5 Å². The molecule has 1 heterocycles. The Bertz CT molecular complexity index is 927. The minimum Gasteiger partial charge on any atom is -0.465 e.